The van der Waals surface area contributed by atoms with Gasteiger partial charge in [0.05, 0.1) is 4.92 Å². The molecular formula is C11H13BrN2O4. The van der Waals surface area contributed by atoms with Gasteiger partial charge in [-0.2, -0.15) is 0 Å². The molecule has 0 aliphatic rings. The van der Waals surface area contributed by atoms with Crippen molar-refractivity contribution in [3.63, 3.8) is 0 Å². The van der Waals surface area contributed by atoms with Gasteiger partial charge in [0.15, 0.2) is 0 Å². The van der Waals surface area contributed by atoms with Gasteiger partial charge in [0.2, 0.25) is 0 Å². The summed E-state index contributed by atoms with van der Waals surface area (Å²) in [6.45, 7) is 3.57. The Bertz CT molecular complexity index is 476. The van der Waals surface area contributed by atoms with Gasteiger partial charge in [0, 0.05) is 22.3 Å². The number of benzene rings is 1. The highest BCUT2D eigenvalue weighted by molar-refractivity contribution is 9.10. The van der Waals surface area contributed by atoms with E-state index in [1.54, 1.807) is 13.8 Å². The van der Waals surface area contributed by atoms with Crippen molar-refractivity contribution in [3.05, 3.63) is 32.8 Å². The lowest BCUT2D eigenvalue weighted by atomic mass is 10.0. The van der Waals surface area contributed by atoms with Crippen molar-refractivity contribution >= 4 is 33.3 Å². The number of carboxylic acid groups (broad SMARTS) is 1. The van der Waals surface area contributed by atoms with E-state index in [4.69, 9.17) is 5.11 Å². The predicted octanol–water partition coefficient (Wildman–Crippen LogP) is 2.88. The first-order valence-corrected chi connectivity index (χ1v) is 6.05. The average Bonchev–Trinajstić information content (AvgIpc) is 2.25. The summed E-state index contributed by atoms with van der Waals surface area (Å²) >= 11 is 3.18. The van der Waals surface area contributed by atoms with Gasteiger partial charge < -0.3 is 10.4 Å². The number of non-ortho nitro benzene ring substituents is 1. The van der Waals surface area contributed by atoms with Crippen molar-refractivity contribution < 1.29 is 14.8 Å². The third-order valence-electron chi connectivity index (χ3n) is 2.41. The maximum absolute atomic E-state index is 11.0. The molecule has 0 aliphatic carbocycles. The Balaban J connectivity index is 2.97. The second kappa shape index (κ2) is 5.81. The van der Waals surface area contributed by atoms with Gasteiger partial charge >= 0.3 is 5.97 Å². The highest BCUT2D eigenvalue weighted by Crippen LogP contribution is 2.28. The van der Waals surface area contributed by atoms with Crippen LogP contribution in [0.2, 0.25) is 0 Å². The lowest BCUT2D eigenvalue weighted by Crippen LogP contribution is -2.34. The van der Waals surface area contributed by atoms with Crippen LogP contribution in [-0.4, -0.2) is 22.0 Å². The third-order valence-corrected chi connectivity index (χ3v) is 3.06. The molecule has 0 bridgehead atoms. The van der Waals surface area contributed by atoms with Gasteiger partial charge in [-0.1, -0.05) is 13.8 Å². The topological polar surface area (TPSA) is 92.5 Å². The zero-order valence-electron chi connectivity index (χ0n) is 9.88. The summed E-state index contributed by atoms with van der Waals surface area (Å²) in [5.74, 6) is -1.07. The zero-order chi connectivity index (χ0) is 13.9. The van der Waals surface area contributed by atoms with Crippen LogP contribution in [0.25, 0.3) is 0 Å². The van der Waals surface area contributed by atoms with Gasteiger partial charge in [-0.15, -0.1) is 0 Å². The molecule has 7 heteroatoms. The Morgan fingerprint density at radius 3 is 2.50 bits per heavy atom. The number of hydrogen-bond acceptors (Lipinski definition) is 4. The Kier molecular flexibility index (Phi) is 4.66. The molecule has 98 valence electrons. The van der Waals surface area contributed by atoms with Crippen molar-refractivity contribution in [2.75, 3.05) is 5.32 Å². The Labute approximate surface area is 112 Å². The Hall–Kier alpha value is -1.63. The molecule has 0 radical (unpaired) electrons. The minimum absolute atomic E-state index is 0.0520. The summed E-state index contributed by atoms with van der Waals surface area (Å²) in [5.41, 5.74) is 0.463. The highest BCUT2D eigenvalue weighted by atomic mass is 79.9. The third kappa shape index (κ3) is 3.43. The lowest BCUT2D eigenvalue weighted by molar-refractivity contribution is -0.384. The SMILES string of the molecule is CC(C)[C@@H](Nc1ccc([N+](=O)[O-])cc1Br)C(=O)O. The summed E-state index contributed by atoms with van der Waals surface area (Å²) in [7, 11) is 0. The molecule has 1 aromatic carbocycles. The molecule has 0 unspecified atom stereocenters. The van der Waals surface area contributed by atoms with Crippen LogP contribution in [-0.2, 0) is 4.79 Å². The minimum atomic E-state index is -0.963. The average molecular weight is 317 g/mol. The van der Waals surface area contributed by atoms with Crippen molar-refractivity contribution in [1.82, 2.24) is 0 Å². The summed E-state index contributed by atoms with van der Waals surface area (Å²) in [4.78, 5) is 21.1. The Morgan fingerprint density at radius 2 is 2.11 bits per heavy atom. The smallest absolute Gasteiger partial charge is 0.326 e. The molecule has 0 aromatic heterocycles. The number of nitrogens with zero attached hydrogens (tertiary/aromatic N) is 1. The van der Waals surface area contributed by atoms with Gasteiger partial charge in [-0.05, 0) is 27.9 Å². The van der Waals surface area contributed by atoms with Gasteiger partial charge in [0.1, 0.15) is 6.04 Å². The number of nitro groups is 1. The number of carbonyl (C=O) groups is 1. The number of hydrogen-bond donors (Lipinski definition) is 2. The maximum Gasteiger partial charge on any atom is 0.326 e. The van der Waals surface area contributed by atoms with Crippen molar-refractivity contribution in [3.8, 4) is 0 Å². The van der Waals surface area contributed by atoms with E-state index in [2.05, 4.69) is 21.2 Å². The molecule has 0 fully saturated rings. The molecule has 0 aliphatic heterocycles. The van der Waals surface area contributed by atoms with Crippen molar-refractivity contribution in [1.29, 1.82) is 0 Å². The molecule has 0 saturated carbocycles. The number of aliphatic carboxylic acids is 1. The standard InChI is InChI=1S/C11H13BrN2O4/c1-6(2)10(11(15)16)13-9-4-3-7(14(17)18)5-8(9)12/h3-6,10,13H,1-2H3,(H,15,16)/t10-/m1/s1. The van der Waals surface area contributed by atoms with E-state index in [9.17, 15) is 14.9 Å². The summed E-state index contributed by atoms with van der Waals surface area (Å²) in [5, 5.41) is 22.5. The molecule has 1 atom stereocenters. The molecule has 0 spiro atoms. The van der Waals surface area contributed by atoms with Crippen LogP contribution in [0, 0.1) is 16.0 Å². The fourth-order valence-corrected chi connectivity index (χ4v) is 1.90. The second-order valence-electron chi connectivity index (χ2n) is 4.13. The van der Waals surface area contributed by atoms with Crippen molar-refractivity contribution in [2.45, 2.75) is 19.9 Å². The monoisotopic (exact) mass is 316 g/mol. The van der Waals surface area contributed by atoms with E-state index >= 15 is 0 Å². The first-order valence-electron chi connectivity index (χ1n) is 5.26. The van der Waals surface area contributed by atoms with E-state index in [1.165, 1.54) is 18.2 Å². The fourth-order valence-electron chi connectivity index (χ4n) is 1.42. The van der Waals surface area contributed by atoms with Gasteiger partial charge in [-0.25, -0.2) is 4.79 Å². The van der Waals surface area contributed by atoms with Crippen LogP contribution in [0.4, 0.5) is 11.4 Å². The van der Waals surface area contributed by atoms with Gasteiger partial charge in [0.25, 0.3) is 5.69 Å². The number of carboxylic acids is 1. The zero-order valence-corrected chi connectivity index (χ0v) is 11.5. The van der Waals surface area contributed by atoms with Crippen LogP contribution in [0.1, 0.15) is 13.8 Å². The molecule has 6 nitrogen and oxygen atoms in total. The maximum atomic E-state index is 11.0. The first-order chi connectivity index (χ1) is 8.32. The van der Waals surface area contributed by atoms with E-state index in [1.807, 2.05) is 0 Å². The molecule has 0 saturated heterocycles. The minimum Gasteiger partial charge on any atom is -0.480 e. The molecule has 2 N–H and O–H groups in total. The quantitative estimate of drug-likeness (QED) is 0.643. The van der Waals surface area contributed by atoms with E-state index < -0.39 is 16.9 Å². The second-order valence-corrected chi connectivity index (χ2v) is 4.98. The van der Waals surface area contributed by atoms with Crippen molar-refractivity contribution in [2.24, 2.45) is 5.92 Å². The molecule has 18 heavy (non-hydrogen) atoms. The number of rotatable bonds is 5. The van der Waals surface area contributed by atoms with Crippen LogP contribution in [0.3, 0.4) is 0 Å². The molecule has 0 heterocycles. The molecule has 1 aromatic rings. The van der Waals surface area contributed by atoms with Crippen LogP contribution < -0.4 is 5.32 Å². The number of anilines is 1. The number of nitro benzene ring substituents is 1. The first kappa shape index (κ1) is 14.4. The normalized spacial score (nSPS) is 12.2. The molecule has 1 rings (SSSR count). The van der Waals surface area contributed by atoms with Crippen LogP contribution in [0.15, 0.2) is 22.7 Å². The molecule has 0 amide bonds. The number of nitrogens with one attached hydrogen (secondary N) is 1. The summed E-state index contributed by atoms with van der Waals surface area (Å²) < 4.78 is 0.462. The van der Waals surface area contributed by atoms with E-state index in [0.717, 1.165) is 0 Å². The van der Waals surface area contributed by atoms with E-state index in [0.29, 0.717) is 10.2 Å². The Morgan fingerprint density at radius 1 is 1.50 bits per heavy atom. The predicted molar refractivity (Wildman–Crippen MR) is 70.7 cm³/mol. The molecular weight excluding hydrogens is 304 g/mol. The highest BCUT2D eigenvalue weighted by Gasteiger charge is 2.22. The summed E-state index contributed by atoms with van der Waals surface area (Å²) in [6.07, 6.45) is 0. The summed E-state index contributed by atoms with van der Waals surface area (Å²) in [6, 6.07) is 3.40. The van der Waals surface area contributed by atoms with Crippen LogP contribution >= 0.6 is 15.9 Å². The van der Waals surface area contributed by atoms with Crippen LogP contribution in [0.5, 0.6) is 0 Å². The number of halogens is 1. The lowest BCUT2D eigenvalue weighted by Gasteiger charge is -2.19. The van der Waals surface area contributed by atoms with E-state index in [-0.39, 0.29) is 11.6 Å². The fraction of sp³-hybridized carbons (Fsp3) is 0.364. The largest absolute Gasteiger partial charge is 0.480 e. The van der Waals surface area contributed by atoms with Gasteiger partial charge in [-0.3, -0.25) is 10.1 Å².